The number of imidazole rings is 1. The number of aromatic nitrogens is 2. The summed E-state index contributed by atoms with van der Waals surface area (Å²) in [7, 11) is -3.56. The lowest BCUT2D eigenvalue weighted by molar-refractivity contribution is 0.0702. The van der Waals surface area contributed by atoms with Crippen LogP contribution in [-0.2, 0) is 10.0 Å². The van der Waals surface area contributed by atoms with Crippen molar-refractivity contribution < 1.29 is 17.2 Å². The van der Waals surface area contributed by atoms with Gasteiger partial charge in [0, 0.05) is 0 Å². The van der Waals surface area contributed by atoms with E-state index < -0.39 is 22.6 Å². The molecule has 5 nitrogen and oxygen atoms in total. The number of nitrogens with zero attached hydrogens (tertiary/aromatic N) is 2. The van der Waals surface area contributed by atoms with E-state index in [-0.39, 0.29) is 17.5 Å². The second kappa shape index (κ2) is 7.37. The van der Waals surface area contributed by atoms with Crippen molar-refractivity contribution in [3.05, 3.63) is 30.1 Å². The Kier molecular flexibility index (Phi) is 5.38. The summed E-state index contributed by atoms with van der Waals surface area (Å²) >= 11 is 0. The molecule has 1 saturated carbocycles. The van der Waals surface area contributed by atoms with E-state index in [0.29, 0.717) is 11.0 Å². The van der Waals surface area contributed by atoms with Crippen LogP contribution in [0, 0.1) is 5.92 Å². The van der Waals surface area contributed by atoms with Crippen LogP contribution < -0.4 is 4.72 Å². The standard InChI is InChI=1S/C17H23F2N3O2S/c1-12(21-25(23,24)11-13-7-3-2-4-8-13)16-20-14-9-5-6-10-15(14)22(16)17(18)19/h5-6,9-10,12-13,17,21H,2-4,7-8,11H2,1H3. The molecule has 1 aliphatic carbocycles. The minimum Gasteiger partial charge on any atom is -0.269 e. The first-order chi connectivity index (χ1) is 11.9. The molecule has 1 heterocycles. The number of fused-ring (bicyclic) bond motifs is 1. The molecule has 0 radical (unpaired) electrons. The van der Waals surface area contributed by atoms with E-state index >= 15 is 0 Å². The maximum absolute atomic E-state index is 13.5. The number of halogens is 2. The summed E-state index contributed by atoms with van der Waals surface area (Å²) in [5.74, 6) is 0.225. The summed E-state index contributed by atoms with van der Waals surface area (Å²) in [5, 5.41) is 0. The first kappa shape index (κ1) is 18.3. The molecule has 1 aliphatic rings. The molecule has 1 unspecified atom stereocenters. The topological polar surface area (TPSA) is 64.0 Å². The van der Waals surface area contributed by atoms with Gasteiger partial charge in [-0.15, -0.1) is 0 Å². The Labute approximate surface area is 146 Å². The van der Waals surface area contributed by atoms with Gasteiger partial charge in [-0.1, -0.05) is 31.4 Å². The highest BCUT2D eigenvalue weighted by Crippen LogP contribution is 2.28. The average Bonchev–Trinajstić information content (AvgIpc) is 2.94. The summed E-state index contributed by atoms with van der Waals surface area (Å²) < 4.78 is 55.2. The molecule has 2 aromatic rings. The minimum atomic E-state index is -3.56. The Bertz CT molecular complexity index is 830. The number of rotatable bonds is 6. The molecule has 0 amide bonds. The Hall–Kier alpha value is -1.54. The number of hydrogen-bond donors (Lipinski definition) is 1. The van der Waals surface area contributed by atoms with Crippen LogP contribution >= 0.6 is 0 Å². The van der Waals surface area contributed by atoms with Gasteiger partial charge in [0.25, 0.3) is 0 Å². The predicted octanol–water partition coefficient (Wildman–Crippen LogP) is 3.99. The monoisotopic (exact) mass is 371 g/mol. The minimum absolute atomic E-state index is 0.0309. The molecule has 1 aromatic carbocycles. The SMILES string of the molecule is CC(NS(=O)(=O)CC1CCCCC1)c1nc2ccccc2n1C(F)F. The van der Waals surface area contributed by atoms with Gasteiger partial charge >= 0.3 is 6.55 Å². The molecule has 0 spiro atoms. The van der Waals surface area contributed by atoms with Crippen LogP contribution in [0.5, 0.6) is 0 Å². The van der Waals surface area contributed by atoms with Crippen LogP contribution in [0.4, 0.5) is 8.78 Å². The molecule has 8 heteroatoms. The zero-order valence-corrected chi connectivity index (χ0v) is 15.0. The zero-order valence-electron chi connectivity index (χ0n) is 14.2. The predicted molar refractivity (Wildman–Crippen MR) is 92.9 cm³/mol. The number of nitrogens with one attached hydrogen (secondary N) is 1. The number of benzene rings is 1. The highest BCUT2D eigenvalue weighted by molar-refractivity contribution is 7.89. The van der Waals surface area contributed by atoms with Gasteiger partial charge < -0.3 is 0 Å². The van der Waals surface area contributed by atoms with Crippen LogP contribution in [0.15, 0.2) is 24.3 Å². The quantitative estimate of drug-likeness (QED) is 0.835. The lowest BCUT2D eigenvalue weighted by Gasteiger charge is -2.22. The molecule has 0 saturated heterocycles. The normalized spacial score (nSPS) is 18.1. The Morgan fingerprint density at radius 1 is 1.24 bits per heavy atom. The lowest BCUT2D eigenvalue weighted by Crippen LogP contribution is -2.33. The number of sulfonamides is 1. The molecule has 1 aromatic heterocycles. The van der Waals surface area contributed by atoms with E-state index in [1.54, 1.807) is 31.2 Å². The molecular formula is C17H23F2N3O2S. The zero-order chi connectivity index (χ0) is 18.0. The van der Waals surface area contributed by atoms with Crippen molar-refractivity contribution in [1.82, 2.24) is 14.3 Å². The first-order valence-electron chi connectivity index (χ1n) is 8.62. The average molecular weight is 371 g/mol. The van der Waals surface area contributed by atoms with E-state index in [2.05, 4.69) is 9.71 Å². The number of alkyl halides is 2. The van der Waals surface area contributed by atoms with Crippen molar-refractivity contribution in [3.8, 4) is 0 Å². The van der Waals surface area contributed by atoms with Crippen LogP contribution in [0.3, 0.4) is 0 Å². The van der Waals surface area contributed by atoms with Crippen LogP contribution in [0.25, 0.3) is 11.0 Å². The molecule has 25 heavy (non-hydrogen) atoms. The maximum atomic E-state index is 13.5. The molecule has 3 rings (SSSR count). The van der Waals surface area contributed by atoms with Gasteiger partial charge in [-0.05, 0) is 37.8 Å². The summed E-state index contributed by atoms with van der Waals surface area (Å²) in [6.45, 7) is -1.23. The molecule has 1 fully saturated rings. The fraction of sp³-hybridized carbons (Fsp3) is 0.588. The summed E-state index contributed by atoms with van der Waals surface area (Å²) in [5.41, 5.74) is 0.724. The van der Waals surface area contributed by atoms with E-state index in [1.807, 2.05) is 0 Å². The van der Waals surface area contributed by atoms with E-state index in [4.69, 9.17) is 0 Å². The largest absolute Gasteiger partial charge is 0.320 e. The highest BCUT2D eigenvalue weighted by Gasteiger charge is 2.27. The third-order valence-electron chi connectivity index (χ3n) is 4.74. The Balaban J connectivity index is 1.81. The first-order valence-corrected chi connectivity index (χ1v) is 10.3. The van der Waals surface area contributed by atoms with Crippen molar-refractivity contribution in [2.45, 2.75) is 51.6 Å². The van der Waals surface area contributed by atoms with Crippen LogP contribution in [0.1, 0.15) is 57.4 Å². The van der Waals surface area contributed by atoms with Crippen molar-refractivity contribution in [2.24, 2.45) is 5.92 Å². The maximum Gasteiger partial charge on any atom is 0.320 e. The van der Waals surface area contributed by atoms with Crippen molar-refractivity contribution in [3.63, 3.8) is 0 Å². The van der Waals surface area contributed by atoms with Gasteiger partial charge in [-0.25, -0.2) is 18.1 Å². The number of para-hydroxylation sites is 2. The van der Waals surface area contributed by atoms with Gasteiger partial charge in [-0.3, -0.25) is 4.57 Å². The smallest absolute Gasteiger partial charge is 0.269 e. The molecule has 0 bridgehead atoms. The molecule has 0 aliphatic heterocycles. The second-order valence-corrected chi connectivity index (χ2v) is 8.53. The van der Waals surface area contributed by atoms with E-state index in [9.17, 15) is 17.2 Å². The second-order valence-electron chi connectivity index (χ2n) is 6.73. The Morgan fingerprint density at radius 3 is 2.60 bits per heavy atom. The molecule has 138 valence electrons. The van der Waals surface area contributed by atoms with Crippen molar-refractivity contribution >= 4 is 21.1 Å². The molecular weight excluding hydrogens is 348 g/mol. The summed E-state index contributed by atoms with van der Waals surface area (Å²) in [6, 6.07) is 5.74. The summed E-state index contributed by atoms with van der Waals surface area (Å²) in [4.78, 5) is 4.22. The summed E-state index contributed by atoms with van der Waals surface area (Å²) in [6.07, 6.45) is 5.07. The Morgan fingerprint density at radius 2 is 1.92 bits per heavy atom. The van der Waals surface area contributed by atoms with Gasteiger partial charge in [0.2, 0.25) is 10.0 Å². The third-order valence-corrected chi connectivity index (χ3v) is 6.36. The highest BCUT2D eigenvalue weighted by atomic mass is 32.2. The van der Waals surface area contributed by atoms with Gasteiger partial charge in [-0.2, -0.15) is 8.78 Å². The van der Waals surface area contributed by atoms with Crippen molar-refractivity contribution in [1.29, 1.82) is 0 Å². The third kappa shape index (κ3) is 4.17. The number of hydrogen-bond acceptors (Lipinski definition) is 3. The van der Waals surface area contributed by atoms with Gasteiger partial charge in [0.15, 0.2) is 0 Å². The van der Waals surface area contributed by atoms with E-state index in [0.717, 1.165) is 36.7 Å². The van der Waals surface area contributed by atoms with Gasteiger partial charge in [0.05, 0.1) is 22.8 Å². The van der Waals surface area contributed by atoms with Crippen LogP contribution in [0.2, 0.25) is 0 Å². The van der Waals surface area contributed by atoms with Crippen molar-refractivity contribution in [2.75, 3.05) is 5.75 Å². The van der Waals surface area contributed by atoms with Crippen LogP contribution in [-0.4, -0.2) is 23.7 Å². The lowest BCUT2D eigenvalue weighted by atomic mass is 9.91. The molecule has 1 N–H and O–H groups in total. The fourth-order valence-corrected chi connectivity index (χ4v) is 5.30. The van der Waals surface area contributed by atoms with E-state index in [1.165, 1.54) is 0 Å². The molecule has 1 atom stereocenters. The fourth-order valence-electron chi connectivity index (χ4n) is 3.61. The van der Waals surface area contributed by atoms with Gasteiger partial charge in [0.1, 0.15) is 5.82 Å².